The lowest BCUT2D eigenvalue weighted by Crippen LogP contribution is -2.67. The monoisotopic (exact) mass is 187 g/mol. The molecular weight excluding hydrogens is 178 g/mol. The van der Waals surface area contributed by atoms with Crippen LogP contribution in [0.3, 0.4) is 0 Å². The first-order chi connectivity index (χ1) is 6.09. The average molecular weight is 187 g/mol. The topological polar surface area (TPSA) is 114 Å². The van der Waals surface area contributed by atoms with Crippen LogP contribution in [0.5, 0.6) is 0 Å². The van der Waals surface area contributed by atoms with E-state index in [0.29, 0.717) is 0 Å². The Labute approximate surface area is 73.2 Å². The number of carbonyl (C=O) groups excluding carboxylic acids is 2. The van der Waals surface area contributed by atoms with E-state index in [4.69, 9.17) is 5.73 Å². The highest BCUT2D eigenvalue weighted by Gasteiger charge is 2.50. The van der Waals surface area contributed by atoms with Crippen molar-refractivity contribution in [3.63, 3.8) is 0 Å². The highest BCUT2D eigenvalue weighted by atomic mass is 16.6. The number of aliphatic hydroxyl groups excluding tert-OH is 1. The minimum Gasteiger partial charge on any atom is -0.448 e. The predicted molar refractivity (Wildman–Crippen MR) is 38.9 cm³/mol. The van der Waals surface area contributed by atoms with Crippen molar-refractivity contribution in [2.24, 2.45) is 5.73 Å². The minimum atomic E-state index is -1.32. The fraction of sp³-hybridized carbons (Fsp3) is 0.667. The molecule has 2 fully saturated rings. The highest BCUT2D eigenvalue weighted by molar-refractivity contribution is 5.90. The molecule has 0 spiro atoms. The average Bonchev–Trinajstić information content (AvgIpc) is 2.32. The normalized spacial score (nSPS) is 43.8. The predicted octanol–water partition coefficient (Wildman–Crippen LogP) is -3.40. The lowest BCUT2D eigenvalue weighted by Gasteiger charge is -2.29. The maximum absolute atomic E-state index is 11.2. The standard InChI is InChI=1S/C6H9N3O4/c7-6-8-1-2(10)5(12)13-3(1)4(11)9-6/h1-3,6,8,10H,7H2,(H,9,11). The van der Waals surface area contributed by atoms with E-state index in [1.54, 1.807) is 0 Å². The van der Waals surface area contributed by atoms with Gasteiger partial charge < -0.3 is 15.2 Å². The van der Waals surface area contributed by atoms with Crippen molar-refractivity contribution in [2.75, 3.05) is 0 Å². The molecule has 0 aliphatic carbocycles. The summed E-state index contributed by atoms with van der Waals surface area (Å²) in [6.45, 7) is 0. The number of carbonyl (C=O) groups is 2. The van der Waals surface area contributed by atoms with Crippen LogP contribution < -0.4 is 16.4 Å². The smallest absolute Gasteiger partial charge is 0.337 e. The van der Waals surface area contributed by atoms with Gasteiger partial charge in [0.2, 0.25) is 0 Å². The molecule has 0 aromatic heterocycles. The Bertz CT molecular complexity index is 269. The second kappa shape index (κ2) is 2.66. The van der Waals surface area contributed by atoms with E-state index in [1.807, 2.05) is 0 Å². The van der Waals surface area contributed by atoms with E-state index >= 15 is 0 Å². The van der Waals surface area contributed by atoms with Gasteiger partial charge in [0.15, 0.2) is 12.2 Å². The van der Waals surface area contributed by atoms with Crippen LogP contribution >= 0.6 is 0 Å². The molecule has 72 valence electrons. The molecule has 5 N–H and O–H groups in total. The lowest BCUT2D eigenvalue weighted by atomic mass is 10.1. The molecule has 1 amide bonds. The second-order valence-corrected chi connectivity index (χ2v) is 2.98. The molecule has 0 bridgehead atoms. The van der Waals surface area contributed by atoms with Gasteiger partial charge in [-0.15, -0.1) is 0 Å². The van der Waals surface area contributed by atoms with E-state index in [-0.39, 0.29) is 0 Å². The van der Waals surface area contributed by atoms with E-state index in [9.17, 15) is 14.7 Å². The third-order valence-electron chi connectivity index (χ3n) is 2.08. The summed E-state index contributed by atoms with van der Waals surface area (Å²) in [7, 11) is 0. The molecule has 4 atom stereocenters. The van der Waals surface area contributed by atoms with Gasteiger partial charge in [-0.3, -0.25) is 15.8 Å². The summed E-state index contributed by atoms with van der Waals surface area (Å²) in [5.74, 6) is -1.28. The highest BCUT2D eigenvalue weighted by Crippen LogP contribution is 2.18. The summed E-state index contributed by atoms with van der Waals surface area (Å²) < 4.78 is 4.62. The molecule has 2 saturated heterocycles. The fourth-order valence-electron chi connectivity index (χ4n) is 1.46. The lowest BCUT2D eigenvalue weighted by molar-refractivity contribution is -0.152. The first kappa shape index (κ1) is 8.42. The van der Waals surface area contributed by atoms with Crippen LogP contribution in [0.4, 0.5) is 0 Å². The molecular formula is C6H9N3O4. The molecule has 2 rings (SSSR count). The van der Waals surface area contributed by atoms with Gasteiger partial charge >= 0.3 is 5.97 Å². The third kappa shape index (κ3) is 1.17. The van der Waals surface area contributed by atoms with Crippen molar-refractivity contribution in [3.8, 4) is 0 Å². The van der Waals surface area contributed by atoms with Gasteiger partial charge in [0.1, 0.15) is 6.29 Å². The van der Waals surface area contributed by atoms with E-state index < -0.39 is 36.4 Å². The molecule has 7 nitrogen and oxygen atoms in total. The number of rotatable bonds is 0. The summed E-state index contributed by atoms with van der Waals surface area (Å²) in [5, 5.41) is 14.2. The van der Waals surface area contributed by atoms with Gasteiger partial charge in [0, 0.05) is 0 Å². The Morgan fingerprint density at radius 2 is 2.15 bits per heavy atom. The molecule has 2 aliphatic rings. The van der Waals surface area contributed by atoms with Crippen LogP contribution in [0.1, 0.15) is 0 Å². The summed E-state index contributed by atoms with van der Waals surface area (Å²) >= 11 is 0. The first-order valence-corrected chi connectivity index (χ1v) is 3.80. The fourth-order valence-corrected chi connectivity index (χ4v) is 1.46. The van der Waals surface area contributed by atoms with E-state index in [1.165, 1.54) is 0 Å². The molecule has 7 heteroatoms. The SMILES string of the molecule is NC1NC(=O)C2OC(=O)C(O)C2N1. The van der Waals surface area contributed by atoms with Crippen LogP contribution in [-0.2, 0) is 14.3 Å². The van der Waals surface area contributed by atoms with Gasteiger partial charge in [0.25, 0.3) is 5.91 Å². The summed E-state index contributed by atoms with van der Waals surface area (Å²) in [4.78, 5) is 22.0. The molecule has 4 unspecified atom stereocenters. The van der Waals surface area contributed by atoms with E-state index in [2.05, 4.69) is 15.4 Å². The van der Waals surface area contributed by atoms with Crippen LogP contribution in [0.25, 0.3) is 0 Å². The quantitative estimate of drug-likeness (QED) is 0.294. The van der Waals surface area contributed by atoms with Crippen molar-refractivity contribution in [2.45, 2.75) is 24.5 Å². The number of hydrogen-bond acceptors (Lipinski definition) is 6. The maximum atomic E-state index is 11.2. The molecule has 0 saturated carbocycles. The molecule has 0 aromatic rings. The first-order valence-electron chi connectivity index (χ1n) is 3.80. The van der Waals surface area contributed by atoms with Crippen LogP contribution in [-0.4, -0.2) is 41.5 Å². The molecule has 13 heavy (non-hydrogen) atoms. The Hall–Kier alpha value is -1.18. The van der Waals surface area contributed by atoms with Crippen LogP contribution in [0, 0.1) is 0 Å². The summed E-state index contributed by atoms with van der Waals surface area (Å²) in [6, 6.07) is -0.740. The zero-order valence-electron chi connectivity index (χ0n) is 6.56. The van der Waals surface area contributed by atoms with Gasteiger partial charge in [-0.25, -0.2) is 4.79 Å². The number of amides is 1. The Morgan fingerprint density at radius 1 is 1.46 bits per heavy atom. The van der Waals surface area contributed by atoms with Crippen molar-refractivity contribution >= 4 is 11.9 Å². The minimum absolute atomic E-state index is 0.485. The second-order valence-electron chi connectivity index (χ2n) is 2.98. The number of nitrogens with two attached hydrogens (primary N) is 1. The molecule has 2 heterocycles. The van der Waals surface area contributed by atoms with Crippen molar-refractivity contribution in [3.05, 3.63) is 0 Å². The van der Waals surface area contributed by atoms with Crippen molar-refractivity contribution in [1.29, 1.82) is 0 Å². The zero-order valence-corrected chi connectivity index (χ0v) is 6.56. The number of fused-ring (bicyclic) bond motifs is 1. The Morgan fingerprint density at radius 3 is 2.85 bits per heavy atom. The van der Waals surface area contributed by atoms with Gasteiger partial charge in [0.05, 0.1) is 6.04 Å². The molecule has 0 aromatic carbocycles. The Kier molecular flexibility index (Phi) is 1.72. The van der Waals surface area contributed by atoms with Gasteiger partial charge in [-0.2, -0.15) is 0 Å². The number of hydrogen-bond donors (Lipinski definition) is 4. The third-order valence-corrected chi connectivity index (χ3v) is 2.08. The molecule has 0 radical (unpaired) electrons. The summed E-state index contributed by atoms with van der Waals surface area (Å²) in [6.07, 6.45) is -3.04. The number of ether oxygens (including phenoxy) is 1. The van der Waals surface area contributed by atoms with Crippen LogP contribution in [0.2, 0.25) is 0 Å². The largest absolute Gasteiger partial charge is 0.448 e. The number of esters is 1. The van der Waals surface area contributed by atoms with Crippen molar-refractivity contribution < 1.29 is 19.4 Å². The number of nitrogens with one attached hydrogen (secondary N) is 2. The van der Waals surface area contributed by atoms with Crippen molar-refractivity contribution in [1.82, 2.24) is 10.6 Å². The maximum Gasteiger partial charge on any atom is 0.337 e. The van der Waals surface area contributed by atoms with E-state index in [0.717, 1.165) is 0 Å². The zero-order chi connectivity index (χ0) is 9.59. The van der Waals surface area contributed by atoms with Crippen LogP contribution in [0.15, 0.2) is 0 Å². The Balaban J connectivity index is 2.21. The molecule has 2 aliphatic heterocycles. The number of aliphatic hydroxyl groups is 1. The van der Waals surface area contributed by atoms with Gasteiger partial charge in [-0.05, 0) is 0 Å². The summed E-state index contributed by atoms with van der Waals surface area (Å²) in [5.41, 5.74) is 5.37. The van der Waals surface area contributed by atoms with Gasteiger partial charge in [-0.1, -0.05) is 0 Å².